The number of aromatic nitrogens is 3. The maximum absolute atomic E-state index is 12.5. The Labute approximate surface area is 261 Å². The quantitative estimate of drug-likeness (QED) is 0.0539. The van der Waals surface area contributed by atoms with Gasteiger partial charge in [-0.1, -0.05) is 74.5 Å². The smallest absolute Gasteiger partial charge is 0.407 e. The molecule has 4 rings (SSSR count). The molecule has 0 saturated heterocycles. The van der Waals surface area contributed by atoms with Gasteiger partial charge in [-0.05, 0) is 17.0 Å². The fraction of sp³-hybridized carbons (Fsp3) is 0.375. The molecule has 1 amide bonds. The second-order valence-electron chi connectivity index (χ2n) is 10.4. The van der Waals surface area contributed by atoms with Crippen molar-refractivity contribution in [2.75, 3.05) is 26.9 Å². The molecule has 240 valence electrons. The number of carbonyl (C=O) groups is 1. The number of imidazole rings is 1. The van der Waals surface area contributed by atoms with Gasteiger partial charge in [-0.15, -0.1) is 0 Å². The van der Waals surface area contributed by atoms with Crippen LogP contribution in [0.15, 0.2) is 82.8 Å². The zero-order valence-corrected chi connectivity index (χ0v) is 25.6. The Kier molecular flexibility index (Phi) is 13.1. The highest BCUT2D eigenvalue weighted by Crippen LogP contribution is 2.15. The number of rotatable bonds is 18. The number of fused-ring (bicyclic) bond motifs is 1. The Bertz CT molecular complexity index is 1540. The zero-order chi connectivity index (χ0) is 31.9. The molecule has 2 atom stereocenters. The predicted molar refractivity (Wildman–Crippen MR) is 167 cm³/mol. The topological polar surface area (TPSA) is 148 Å². The average Bonchev–Trinajstić information content (AvgIpc) is 3.47. The molecule has 0 radical (unpaired) electrons. The lowest BCUT2D eigenvalue weighted by molar-refractivity contribution is -0.314. The van der Waals surface area contributed by atoms with Crippen LogP contribution >= 0.6 is 0 Å². The monoisotopic (exact) mass is 621 g/mol. The molecule has 0 bridgehead atoms. The first-order valence-electron chi connectivity index (χ1n) is 14.5. The third kappa shape index (κ3) is 10.8. The molecule has 0 fully saturated rings. The molecular formula is C32H39N5O8. The van der Waals surface area contributed by atoms with E-state index in [1.165, 1.54) is 19.8 Å². The van der Waals surface area contributed by atoms with E-state index < -0.39 is 12.2 Å². The zero-order valence-electron chi connectivity index (χ0n) is 25.6. The Morgan fingerprint density at radius 1 is 1.00 bits per heavy atom. The number of alkyl carbamates (subject to hydrolysis) is 1. The highest BCUT2D eigenvalue weighted by Gasteiger charge is 2.19. The summed E-state index contributed by atoms with van der Waals surface area (Å²) in [6.45, 7) is 4.86. The van der Waals surface area contributed by atoms with Crippen LogP contribution in [0.2, 0.25) is 0 Å². The number of nitrogens with one attached hydrogen (secondary N) is 2. The number of hydrogen-bond donors (Lipinski definition) is 2. The van der Waals surface area contributed by atoms with Gasteiger partial charge in [0.05, 0.1) is 38.2 Å². The number of aliphatic imine (C=N–C) groups is 1. The molecule has 2 aromatic carbocycles. The van der Waals surface area contributed by atoms with Crippen molar-refractivity contribution < 1.29 is 33.5 Å². The minimum Gasteiger partial charge on any atom is -0.486 e. The van der Waals surface area contributed by atoms with Crippen molar-refractivity contribution >= 4 is 29.3 Å². The van der Waals surface area contributed by atoms with Crippen LogP contribution in [0.1, 0.15) is 25.0 Å². The van der Waals surface area contributed by atoms with E-state index in [0.717, 1.165) is 11.1 Å². The van der Waals surface area contributed by atoms with E-state index in [2.05, 4.69) is 20.3 Å². The summed E-state index contributed by atoms with van der Waals surface area (Å²) in [4.78, 5) is 46.8. The second-order valence-corrected chi connectivity index (χ2v) is 10.4. The van der Waals surface area contributed by atoms with Crippen molar-refractivity contribution in [2.45, 2.75) is 45.9 Å². The standard InChI is InChI=1S/C32H39N5O8/c1-23(2)27(35-32(39)42-16-25-12-8-5-9-13-25)19-45-44-18-26(17-41-15-24-10-6-4-7-11-24)43-22-37-20-33-30-28(37)14-29(34-21-40-3)36-31(30)38/h4-14,20-21,23,26-27H,15-19,22H2,1-3H3,(H,35,39)(H,36,38)/b34-21-. The fourth-order valence-corrected chi connectivity index (χ4v) is 4.12. The van der Waals surface area contributed by atoms with Crippen LogP contribution in [0.3, 0.4) is 0 Å². The minimum absolute atomic E-state index is 0.0364. The summed E-state index contributed by atoms with van der Waals surface area (Å²) < 4.78 is 23.9. The van der Waals surface area contributed by atoms with Gasteiger partial charge in [-0.3, -0.25) is 4.79 Å². The maximum Gasteiger partial charge on any atom is 0.407 e. The number of ether oxygens (including phenoxy) is 4. The molecule has 4 aromatic rings. The van der Waals surface area contributed by atoms with E-state index in [4.69, 9.17) is 28.7 Å². The molecule has 0 saturated carbocycles. The third-order valence-corrected chi connectivity index (χ3v) is 6.68. The van der Waals surface area contributed by atoms with Crippen molar-refractivity contribution in [3.8, 4) is 0 Å². The molecule has 13 heteroatoms. The van der Waals surface area contributed by atoms with Gasteiger partial charge in [0.2, 0.25) is 0 Å². The van der Waals surface area contributed by atoms with Gasteiger partial charge in [0.25, 0.3) is 5.56 Å². The Balaban J connectivity index is 1.32. The molecule has 2 heterocycles. The molecular weight excluding hydrogens is 582 g/mol. The number of aromatic amines is 1. The third-order valence-electron chi connectivity index (χ3n) is 6.68. The Morgan fingerprint density at radius 2 is 1.69 bits per heavy atom. The van der Waals surface area contributed by atoms with Gasteiger partial charge in [0, 0.05) is 6.07 Å². The van der Waals surface area contributed by atoms with Gasteiger partial charge in [0.1, 0.15) is 38.5 Å². The molecule has 2 N–H and O–H groups in total. The maximum atomic E-state index is 12.5. The van der Waals surface area contributed by atoms with Crippen LogP contribution in [-0.4, -0.2) is 66.1 Å². The molecule has 0 aliphatic rings. The van der Waals surface area contributed by atoms with Crippen LogP contribution in [0, 0.1) is 5.92 Å². The van der Waals surface area contributed by atoms with E-state index in [0.29, 0.717) is 17.9 Å². The average molecular weight is 622 g/mol. The number of nitrogens with zero attached hydrogens (tertiary/aromatic N) is 3. The SMILES string of the molecule is CO/C=N\c1cc2c(ncn2COC(COCc2ccccc2)COOCC(NC(=O)OCc2ccccc2)C(C)C)c(=O)[nH]1. The summed E-state index contributed by atoms with van der Waals surface area (Å²) in [6.07, 6.45) is 1.65. The summed E-state index contributed by atoms with van der Waals surface area (Å²) in [5, 5.41) is 2.83. The summed E-state index contributed by atoms with van der Waals surface area (Å²) in [6, 6.07) is 20.5. The van der Waals surface area contributed by atoms with E-state index >= 15 is 0 Å². The van der Waals surface area contributed by atoms with Crippen LogP contribution in [0.4, 0.5) is 10.6 Å². The van der Waals surface area contributed by atoms with Crippen molar-refractivity contribution in [3.63, 3.8) is 0 Å². The Morgan fingerprint density at radius 3 is 2.38 bits per heavy atom. The van der Waals surface area contributed by atoms with E-state index in [-0.39, 0.29) is 56.2 Å². The number of carbonyl (C=O) groups excluding carboxylic acids is 1. The lowest BCUT2D eigenvalue weighted by atomic mass is 10.1. The number of benzene rings is 2. The van der Waals surface area contributed by atoms with Gasteiger partial charge < -0.3 is 33.8 Å². The molecule has 2 unspecified atom stereocenters. The summed E-state index contributed by atoms with van der Waals surface area (Å²) in [7, 11) is 1.46. The van der Waals surface area contributed by atoms with Crippen LogP contribution in [0.25, 0.3) is 11.0 Å². The number of H-pyrrole nitrogens is 1. The summed E-state index contributed by atoms with van der Waals surface area (Å²) >= 11 is 0. The number of methoxy groups -OCH3 is 1. The number of hydrogen-bond acceptors (Lipinski definition) is 10. The lowest BCUT2D eigenvalue weighted by Crippen LogP contribution is -2.42. The predicted octanol–water partition coefficient (Wildman–Crippen LogP) is 4.49. The summed E-state index contributed by atoms with van der Waals surface area (Å²) in [5.74, 6) is 0.364. The van der Waals surface area contributed by atoms with Crippen molar-refractivity contribution in [1.82, 2.24) is 19.9 Å². The van der Waals surface area contributed by atoms with Crippen LogP contribution in [-0.2, 0) is 48.7 Å². The van der Waals surface area contributed by atoms with E-state index in [1.54, 1.807) is 10.6 Å². The first kappa shape index (κ1) is 33.3. The summed E-state index contributed by atoms with van der Waals surface area (Å²) in [5.41, 5.74) is 2.31. The van der Waals surface area contributed by atoms with Crippen molar-refractivity contribution in [2.24, 2.45) is 10.9 Å². The molecule has 0 aliphatic carbocycles. The van der Waals surface area contributed by atoms with Gasteiger partial charge in [0.15, 0.2) is 11.9 Å². The first-order chi connectivity index (χ1) is 21.9. The van der Waals surface area contributed by atoms with E-state index in [1.807, 2.05) is 74.5 Å². The number of amides is 1. The second kappa shape index (κ2) is 17.7. The number of pyridine rings is 1. The largest absolute Gasteiger partial charge is 0.486 e. The highest BCUT2D eigenvalue weighted by atomic mass is 17.2. The van der Waals surface area contributed by atoms with Gasteiger partial charge in [-0.2, -0.15) is 0 Å². The minimum atomic E-state index is -0.542. The molecule has 13 nitrogen and oxygen atoms in total. The molecule has 0 aliphatic heterocycles. The first-order valence-corrected chi connectivity index (χ1v) is 14.5. The fourth-order valence-electron chi connectivity index (χ4n) is 4.12. The van der Waals surface area contributed by atoms with Crippen molar-refractivity contribution in [3.05, 3.63) is 94.5 Å². The highest BCUT2D eigenvalue weighted by molar-refractivity contribution is 5.77. The van der Waals surface area contributed by atoms with Crippen LogP contribution < -0.4 is 10.9 Å². The normalized spacial score (nSPS) is 12.9. The lowest BCUT2D eigenvalue weighted by Gasteiger charge is -2.22. The van der Waals surface area contributed by atoms with Crippen LogP contribution in [0.5, 0.6) is 0 Å². The molecule has 2 aromatic heterocycles. The van der Waals surface area contributed by atoms with Gasteiger partial charge >= 0.3 is 6.09 Å². The van der Waals surface area contributed by atoms with Gasteiger partial charge in [-0.25, -0.2) is 24.5 Å². The Hall–Kier alpha value is -4.56. The molecule has 45 heavy (non-hydrogen) atoms. The van der Waals surface area contributed by atoms with E-state index in [9.17, 15) is 9.59 Å². The van der Waals surface area contributed by atoms with Crippen molar-refractivity contribution in [1.29, 1.82) is 0 Å². The molecule has 0 spiro atoms.